The number of piperidine rings is 1. The van der Waals surface area contributed by atoms with Crippen LogP contribution in [-0.2, 0) is 6.54 Å². The van der Waals surface area contributed by atoms with Crippen molar-refractivity contribution in [2.45, 2.75) is 58.0 Å². The topological polar surface area (TPSA) is 15.3 Å². The van der Waals surface area contributed by atoms with Gasteiger partial charge in [0.2, 0.25) is 0 Å². The van der Waals surface area contributed by atoms with Gasteiger partial charge in [0.25, 0.3) is 0 Å². The highest BCUT2D eigenvalue weighted by molar-refractivity contribution is 5.49. The Morgan fingerprint density at radius 2 is 1.90 bits per heavy atom. The van der Waals surface area contributed by atoms with Crippen LogP contribution in [0.3, 0.4) is 0 Å². The van der Waals surface area contributed by atoms with Gasteiger partial charge in [-0.2, -0.15) is 0 Å². The minimum absolute atomic E-state index is 0.101. The van der Waals surface area contributed by atoms with Crippen LogP contribution in [0.2, 0.25) is 0 Å². The van der Waals surface area contributed by atoms with Gasteiger partial charge in [-0.1, -0.05) is 19.8 Å². The Balaban J connectivity index is 1.61. The normalized spacial score (nSPS) is 20.0. The Labute approximate surface area is 127 Å². The molecule has 1 heterocycles. The molecule has 2 aliphatic rings. The van der Waals surface area contributed by atoms with Gasteiger partial charge in [0.1, 0.15) is 5.82 Å². The predicted molar refractivity (Wildman–Crippen MR) is 86.1 cm³/mol. The molecule has 0 aromatic heterocycles. The van der Waals surface area contributed by atoms with E-state index in [1.54, 1.807) is 12.1 Å². The first-order valence-corrected chi connectivity index (χ1v) is 8.52. The predicted octanol–water partition coefficient (Wildman–Crippen LogP) is 4.09. The smallest absolute Gasteiger partial charge is 0.125 e. The number of halogens is 1. The van der Waals surface area contributed by atoms with Gasteiger partial charge in [0.15, 0.2) is 0 Å². The molecule has 0 amide bonds. The first-order valence-electron chi connectivity index (χ1n) is 8.52. The second-order valence-electron chi connectivity index (χ2n) is 6.69. The number of rotatable bonds is 6. The van der Waals surface area contributed by atoms with Crippen LogP contribution in [0.25, 0.3) is 0 Å². The third kappa shape index (κ3) is 4.19. The zero-order valence-electron chi connectivity index (χ0n) is 13.1. The lowest BCUT2D eigenvalue weighted by Gasteiger charge is -2.33. The van der Waals surface area contributed by atoms with Crippen molar-refractivity contribution in [3.05, 3.63) is 29.6 Å². The fourth-order valence-electron chi connectivity index (χ4n) is 3.36. The molecule has 21 heavy (non-hydrogen) atoms. The van der Waals surface area contributed by atoms with Crippen molar-refractivity contribution in [1.82, 2.24) is 5.32 Å². The molecular weight excluding hydrogens is 263 g/mol. The SMILES string of the molecule is CCCC1CCN(c2cc(F)cc(CNC3CC3)c2)CC1. The van der Waals surface area contributed by atoms with Crippen molar-refractivity contribution in [3.63, 3.8) is 0 Å². The molecule has 1 aromatic carbocycles. The summed E-state index contributed by atoms with van der Waals surface area (Å²) in [6, 6.07) is 6.20. The van der Waals surface area contributed by atoms with Crippen LogP contribution in [0.15, 0.2) is 18.2 Å². The van der Waals surface area contributed by atoms with E-state index in [1.165, 1.54) is 38.5 Å². The number of benzene rings is 1. The van der Waals surface area contributed by atoms with Gasteiger partial charge in [0.05, 0.1) is 0 Å². The van der Waals surface area contributed by atoms with Gasteiger partial charge >= 0.3 is 0 Å². The molecule has 1 aliphatic carbocycles. The van der Waals surface area contributed by atoms with Crippen LogP contribution in [-0.4, -0.2) is 19.1 Å². The summed E-state index contributed by atoms with van der Waals surface area (Å²) in [4.78, 5) is 2.36. The Kier molecular flexibility index (Phi) is 4.79. The highest BCUT2D eigenvalue weighted by Crippen LogP contribution is 2.27. The largest absolute Gasteiger partial charge is 0.371 e. The van der Waals surface area contributed by atoms with Crippen molar-refractivity contribution >= 4 is 5.69 Å². The number of nitrogens with zero attached hydrogens (tertiary/aromatic N) is 1. The lowest BCUT2D eigenvalue weighted by atomic mass is 9.92. The summed E-state index contributed by atoms with van der Waals surface area (Å²) in [7, 11) is 0. The molecule has 116 valence electrons. The van der Waals surface area contributed by atoms with Crippen LogP contribution < -0.4 is 10.2 Å². The Hall–Kier alpha value is -1.09. The third-order valence-electron chi connectivity index (χ3n) is 4.79. The first-order chi connectivity index (χ1) is 10.2. The van der Waals surface area contributed by atoms with E-state index in [-0.39, 0.29) is 5.82 Å². The molecule has 0 unspecified atom stereocenters. The van der Waals surface area contributed by atoms with E-state index in [4.69, 9.17) is 0 Å². The van der Waals surface area contributed by atoms with Crippen molar-refractivity contribution in [1.29, 1.82) is 0 Å². The summed E-state index contributed by atoms with van der Waals surface area (Å²) < 4.78 is 13.9. The average Bonchev–Trinajstić information content (AvgIpc) is 3.30. The highest BCUT2D eigenvalue weighted by Gasteiger charge is 2.21. The maximum atomic E-state index is 13.9. The monoisotopic (exact) mass is 290 g/mol. The van der Waals surface area contributed by atoms with E-state index in [0.29, 0.717) is 6.04 Å². The van der Waals surface area contributed by atoms with Crippen LogP contribution in [0.5, 0.6) is 0 Å². The van der Waals surface area contributed by atoms with E-state index in [1.807, 2.05) is 0 Å². The molecule has 1 aromatic rings. The zero-order valence-corrected chi connectivity index (χ0v) is 13.1. The maximum absolute atomic E-state index is 13.9. The number of hydrogen-bond acceptors (Lipinski definition) is 2. The third-order valence-corrected chi connectivity index (χ3v) is 4.79. The second kappa shape index (κ2) is 6.78. The Morgan fingerprint density at radius 1 is 1.14 bits per heavy atom. The second-order valence-corrected chi connectivity index (χ2v) is 6.69. The minimum atomic E-state index is -0.101. The molecule has 1 saturated carbocycles. The molecule has 1 saturated heterocycles. The molecule has 2 fully saturated rings. The Morgan fingerprint density at radius 3 is 2.57 bits per heavy atom. The van der Waals surface area contributed by atoms with E-state index in [9.17, 15) is 4.39 Å². The number of anilines is 1. The summed E-state index contributed by atoms with van der Waals surface area (Å²) in [5.74, 6) is 0.770. The quantitative estimate of drug-likeness (QED) is 0.848. The zero-order chi connectivity index (χ0) is 14.7. The summed E-state index contributed by atoms with van der Waals surface area (Å²) in [6.07, 6.45) is 7.66. The fraction of sp³-hybridized carbons (Fsp3) is 0.667. The van der Waals surface area contributed by atoms with Gasteiger partial charge in [-0.25, -0.2) is 4.39 Å². The molecule has 0 bridgehead atoms. The number of nitrogens with one attached hydrogen (secondary N) is 1. The molecule has 2 nitrogen and oxygen atoms in total. The molecule has 3 rings (SSSR count). The van der Waals surface area contributed by atoms with Crippen LogP contribution in [0.4, 0.5) is 10.1 Å². The van der Waals surface area contributed by atoms with Crippen LogP contribution in [0.1, 0.15) is 51.0 Å². The minimum Gasteiger partial charge on any atom is -0.371 e. The summed E-state index contributed by atoms with van der Waals surface area (Å²) in [6.45, 7) is 5.20. The molecule has 0 spiro atoms. The standard InChI is InChI=1S/C18H27FN2/c1-2-3-14-6-8-21(9-7-14)18-11-15(10-16(19)12-18)13-20-17-4-5-17/h10-12,14,17,20H,2-9,13H2,1H3. The lowest BCUT2D eigenvalue weighted by Crippen LogP contribution is -2.33. The maximum Gasteiger partial charge on any atom is 0.125 e. The van der Waals surface area contributed by atoms with Gasteiger partial charge in [-0.15, -0.1) is 0 Å². The van der Waals surface area contributed by atoms with Crippen LogP contribution >= 0.6 is 0 Å². The molecule has 0 radical (unpaired) electrons. The van der Waals surface area contributed by atoms with Crippen molar-refractivity contribution in [2.24, 2.45) is 5.92 Å². The van der Waals surface area contributed by atoms with Crippen molar-refractivity contribution in [2.75, 3.05) is 18.0 Å². The van der Waals surface area contributed by atoms with Gasteiger partial charge < -0.3 is 10.2 Å². The van der Waals surface area contributed by atoms with Crippen molar-refractivity contribution in [3.8, 4) is 0 Å². The van der Waals surface area contributed by atoms with E-state index in [2.05, 4.69) is 23.2 Å². The average molecular weight is 290 g/mol. The highest BCUT2D eigenvalue weighted by atomic mass is 19.1. The summed E-state index contributed by atoms with van der Waals surface area (Å²) >= 11 is 0. The molecule has 3 heteroatoms. The fourth-order valence-corrected chi connectivity index (χ4v) is 3.36. The summed E-state index contributed by atoms with van der Waals surface area (Å²) in [5.41, 5.74) is 2.14. The molecule has 1 aliphatic heterocycles. The number of hydrogen-bond donors (Lipinski definition) is 1. The van der Waals surface area contributed by atoms with Gasteiger partial charge in [-0.3, -0.25) is 0 Å². The van der Waals surface area contributed by atoms with Crippen molar-refractivity contribution < 1.29 is 4.39 Å². The van der Waals surface area contributed by atoms with E-state index >= 15 is 0 Å². The summed E-state index contributed by atoms with van der Waals surface area (Å²) in [5, 5.41) is 3.47. The lowest BCUT2D eigenvalue weighted by molar-refractivity contribution is 0.378. The van der Waals surface area contributed by atoms with Gasteiger partial charge in [0, 0.05) is 31.4 Å². The molecule has 0 atom stereocenters. The molecule has 1 N–H and O–H groups in total. The van der Waals surface area contributed by atoms with E-state index in [0.717, 1.165) is 36.8 Å². The van der Waals surface area contributed by atoms with Gasteiger partial charge in [-0.05, 0) is 55.4 Å². The first kappa shape index (κ1) is 14.8. The van der Waals surface area contributed by atoms with Crippen LogP contribution in [0, 0.1) is 11.7 Å². The molecular formula is C18H27FN2. The Bertz CT molecular complexity index is 462. The van der Waals surface area contributed by atoms with E-state index < -0.39 is 0 Å².